The van der Waals surface area contributed by atoms with Gasteiger partial charge in [0, 0.05) is 28.0 Å². The summed E-state index contributed by atoms with van der Waals surface area (Å²) in [4.78, 5) is 12.0. The quantitative estimate of drug-likeness (QED) is 0.551. The summed E-state index contributed by atoms with van der Waals surface area (Å²) in [5, 5.41) is 2.14. The van der Waals surface area contributed by atoms with Gasteiger partial charge in [-0.15, -0.1) is 0 Å². The predicted octanol–water partition coefficient (Wildman–Crippen LogP) is 3.36. The molecule has 0 aliphatic carbocycles. The molecule has 2 aromatic carbocycles. The second-order valence-corrected chi connectivity index (χ2v) is 4.70. The molecule has 4 nitrogen and oxygen atoms in total. The van der Waals surface area contributed by atoms with Crippen molar-refractivity contribution in [3.8, 4) is 11.3 Å². The highest BCUT2D eigenvalue weighted by Gasteiger charge is 2.12. The Balaban J connectivity index is 2.12. The van der Waals surface area contributed by atoms with Crippen LogP contribution in [0, 0.1) is 0 Å². The third-order valence-electron chi connectivity index (χ3n) is 3.46. The Morgan fingerprint density at radius 3 is 2.50 bits per heavy atom. The molecule has 4 heteroatoms. The average molecular weight is 260 g/mol. The Hall–Kier alpha value is -2.88. The van der Waals surface area contributed by atoms with Crippen LogP contribution in [-0.2, 0) is 0 Å². The third-order valence-corrected chi connectivity index (χ3v) is 3.46. The van der Waals surface area contributed by atoms with E-state index in [2.05, 4.69) is 21.0 Å². The van der Waals surface area contributed by atoms with Crippen LogP contribution < -0.4 is 5.73 Å². The van der Waals surface area contributed by atoms with E-state index < -0.39 is 0 Å². The summed E-state index contributed by atoms with van der Waals surface area (Å²) in [6.45, 7) is 0. The zero-order chi connectivity index (χ0) is 13.5. The van der Waals surface area contributed by atoms with E-state index in [0.29, 0.717) is 5.95 Å². The van der Waals surface area contributed by atoms with E-state index in [1.54, 1.807) is 0 Å². The van der Waals surface area contributed by atoms with Crippen LogP contribution in [0.4, 0.5) is 5.95 Å². The number of rotatable bonds is 1. The lowest BCUT2D eigenvalue weighted by Crippen LogP contribution is -1.97. The summed E-state index contributed by atoms with van der Waals surface area (Å²) in [6, 6.07) is 16.1. The molecule has 0 radical (unpaired) electrons. The first-order valence-electron chi connectivity index (χ1n) is 6.42. The van der Waals surface area contributed by atoms with E-state index in [0.717, 1.165) is 33.1 Å². The molecule has 0 atom stereocenters. The van der Waals surface area contributed by atoms with Crippen LogP contribution >= 0.6 is 0 Å². The van der Waals surface area contributed by atoms with Crippen molar-refractivity contribution in [2.75, 3.05) is 5.73 Å². The van der Waals surface area contributed by atoms with Gasteiger partial charge in [-0.2, -0.15) is 0 Å². The molecular weight excluding hydrogens is 248 g/mol. The Labute approximate surface area is 115 Å². The minimum absolute atomic E-state index is 0.295. The number of hydrogen-bond donors (Lipinski definition) is 2. The number of para-hydroxylation sites is 2. The molecule has 0 aliphatic heterocycles. The van der Waals surface area contributed by atoms with Crippen LogP contribution in [0.5, 0.6) is 0 Å². The van der Waals surface area contributed by atoms with Gasteiger partial charge in [0.1, 0.15) is 0 Å². The van der Waals surface area contributed by atoms with Gasteiger partial charge in [0.25, 0.3) is 0 Å². The van der Waals surface area contributed by atoms with Gasteiger partial charge in [0.05, 0.1) is 11.2 Å². The summed E-state index contributed by atoms with van der Waals surface area (Å²) >= 11 is 0. The third kappa shape index (κ3) is 1.55. The van der Waals surface area contributed by atoms with Crippen LogP contribution in [0.1, 0.15) is 0 Å². The Morgan fingerprint density at radius 2 is 1.60 bits per heavy atom. The number of aromatic nitrogens is 3. The minimum Gasteiger partial charge on any atom is -0.368 e. The van der Waals surface area contributed by atoms with Crippen LogP contribution in [0.15, 0.2) is 54.7 Å². The van der Waals surface area contributed by atoms with Gasteiger partial charge in [0.2, 0.25) is 5.95 Å². The monoisotopic (exact) mass is 260 g/mol. The zero-order valence-electron chi connectivity index (χ0n) is 10.7. The standard InChI is InChI=1S/C16H12N4/c17-16-19-14-8-4-2-6-11(14)15(20-16)12-9-18-13-7-3-1-5-10(12)13/h1-9,18H,(H2,17,19,20). The molecule has 0 saturated carbocycles. The fraction of sp³-hybridized carbons (Fsp3) is 0. The van der Waals surface area contributed by atoms with Crippen molar-refractivity contribution in [3.63, 3.8) is 0 Å². The average Bonchev–Trinajstić information content (AvgIpc) is 2.90. The van der Waals surface area contributed by atoms with Crippen LogP contribution in [0.3, 0.4) is 0 Å². The number of nitrogen functional groups attached to an aromatic ring is 1. The van der Waals surface area contributed by atoms with Crippen molar-refractivity contribution in [1.82, 2.24) is 15.0 Å². The van der Waals surface area contributed by atoms with E-state index >= 15 is 0 Å². The van der Waals surface area contributed by atoms with Gasteiger partial charge < -0.3 is 10.7 Å². The molecule has 0 fully saturated rings. The van der Waals surface area contributed by atoms with Gasteiger partial charge in [0.15, 0.2) is 0 Å². The van der Waals surface area contributed by atoms with Crippen molar-refractivity contribution in [3.05, 3.63) is 54.7 Å². The van der Waals surface area contributed by atoms with E-state index in [4.69, 9.17) is 5.73 Å². The number of nitrogens with two attached hydrogens (primary N) is 1. The highest BCUT2D eigenvalue weighted by Crippen LogP contribution is 2.32. The predicted molar refractivity (Wildman–Crippen MR) is 81.2 cm³/mol. The van der Waals surface area contributed by atoms with Crippen molar-refractivity contribution >= 4 is 27.8 Å². The van der Waals surface area contributed by atoms with Gasteiger partial charge in [-0.1, -0.05) is 36.4 Å². The van der Waals surface area contributed by atoms with Crippen molar-refractivity contribution in [1.29, 1.82) is 0 Å². The fourth-order valence-electron chi connectivity index (χ4n) is 2.57. The van der Waals surface area contributed by atoms with Gasteiger partial charge in [-0.05, 0) is 12.1 Å². The second-order valence-electron chi connectivity index (χ2n) is 4.70. The molecule has 0 bridgehead atoms. The zero-order valence-corrected chi connectivity index (χ0v) is 10.7. The topological polar surface area (TPSA) is 67.6 Å². The van der Waals surface area contributed by atoms with Crippen molar-refractivity contribution in [2.24, 2.45) is 0 Å². The number of H-pyrrole nitrogens is 1. The molecular formula is C16H12N4. The molecule has 4 rings (SSSR count). The van der Waals surface area contributed by atoms with Gasteiger partial charge in [-0.25, -0.2) is 9.97 Å². The number of anilines is 1. The smallest absolute Gasteiger partial charge is 0.221 e. The Kier molecular flexibility index (Phi) is 2.23. The summed E-state index contributed by atoms with van der Waals surface area (Å²) in [6.07, 6.45) is 1.97. The summed E-state index contributed by atoms with van der Waals surface area (Å²) in [5.74, 6) is 0.295. The molecule has 0 spiro atoms. The number of benzene rings is 2. The highest BCUT2D eigenvalue weighted by atomic mass is 15.0. The second kappa shape index (κ2) is 4.06. The molecule has 0 unspecified atom stereocenters. The number of hydrogen-bond acceptors (Lipinski definition) is 3. The minimum atomic E-state index is 0.295. The lowest BCUT2D eigenvalue weighted by atomic mass is 10.1. The first-order chi connectivity index (χ1) is 9.83. The van der Waals surface area contributed by atoms with E-state index in [9.17, 15) is 0 Å². The molecule has 4 aromatic rings. The van der Waals surface area contributed by atoms with Gasteiger partial charge in [-0.3, -0.25) is 0 Å². The van der Waals surface area contributed by atoms with E-state index in [1.165, 1.54) is 0 Å². The van der Waals surface area contributed by atoms with Crippen molar-refractivity contribution in [2.45, 2.75) is 0 Å². The normalized spacial score (nSPS) is 11.2. The Bertz CT molecular complexity index is 924. The molecule has 2 heterocycles. The first kappa shape index (κ1) is 11.0. The summed E-state index contributed by atoms with van der Waals surface area (Å²) in [5.41, 5.74) is 9.70. The first-order valence-corrected chi connectivity index (χ1v) is 6.42. The largest absolute Gasteiger partial charge is 0.368 e. The molecule has 3 N–H and O–H groups in total. The van der Waals surface area contributed by atoms with Gasteiger partial charge >= 0.3 is 0 Å². The maximum atomic E-state index is 5.84. The lowest BCUT2D eigenvalue weighted by Gasteiger charge is -2.05. The molecule has 0 aliphatic rings. The van der Waals surface area contributed by atoms with Crippen LogP contribution in [0.25, 0.3) is 33.1 Å². The number of nitrogens with zero attached hydrogens (tertiary/aromatic N) is 2. The van der Waals surface area contributed by atoms with Crippen LogP contribution in [0.2, 0.25) is 0 Å². The summed E-state index contributed by atoms with van der Waals surface area (Å²) < 4.78 is 0. The molecule has 20 heavy (non-hydrogen) atoms. The van der Waals surface area contributed by atoms with E-state index in [1.807, 2.05) is 48.7 Å². The van der Waals surface area contributed by atoms with Crippen LogP contribution in [-0.4, -0.2) is 15.0 Å². The van der Waals surface area contributed by atoms with E-state index in [-0.39, 0.29) is 0 Å². The molecule has 0 amide bonds. The Morgan fingerprint density at radius 1 is 0.850 bits per heavy atom. The van der Waals surface area contributed by atoms with Crippen molar-refractivity contribution < 1.29 is 0 Å². The maximum absolute atomic E-state index is 5.84. The lowest BCUT2D eigenvalue weighted by molar-refractivity contribution is 1.24. The maximum Gasteiger partial charge on any atom is 0.221 e. The molecule has 0 saturated heterocycles. The fourth-order valence-corrected chi connectivity index (χ4v) is 2.57. The molecule has 2 aromatic heterocycles. The number of fused-ring (bicyclic) bond motifs is 2. The number of nitrogens with one attached hydrogen (secondary N) is 1. The highest BCUT2D eigenvalue weighted by molar-refractivity contribution is 6.02. The summed E-state index contributed by atoms with van der Waals surface area (Å²) in [7, 11) is 0. The molecule has 96 valence electrons. The SMILES string of the molecule is Nc1nc(-c2c[nH]c3ccccc23)c2ccccc2n1. The number of aromatic amines is 1.